The number of anilines is 1. The van der Waals surface area contributed by atoms with E-state index in [1.807, 2.05) is 6.92 Å². The summed E-state index contributed by atoms with van der Waals surface area (Å²) < 4.78 is 25.2. The number of hydrogen-bond acceptors (Lipinski definition) is 4. The van der Waals surface area contributed by atoms with Crippen molar-refractivity contribution in [1.82, 2.24) is 0 Å². The molecule has 0 aliphatic rings. The molecule has 1 unspecified atom stereocenters. The predicted octanol–water partition coefficient (Wildman–Crippen LogP) is 2.11. The van der Waals surface area contributed by atoms with E-state index in [0.717, 1.165) is 5.56 Å². The molecule has 0 aromatic heterocycles. The van der Waals surface area contributed by atoms with Gasteiger partial charge in [0.2, 0.25) is 15.7 Å². The molecule has 0 bridgehead atoms. The number of rotatable bonds is 4. The van der Waals surface area contributed by atoms with Crippen molar-refractivity contribution >= 4 is 21.4 Å². The highest BCUT2D eigenvalue weighted by atomic mass is 32.2. The molecule has 2 aromatic rings. The number of carbonyl (C=O) groups is 1. The van der Waals surface area contributed by atoms with Crippen LogP contribution in [-0.4, -0.2) is 20.4 Å². The van der Waals surface area contributed by atoms with Crippen LogP contribution in [0.3, 0.4) is 0 Å². The lowest BCUT2D eigenvalue weighted by atomic mass is 10.2. The van der Waals surface area contributed by atoms with Crippen LogP contribution in [0.2, 0.25) is 0 Å². The largest absolute Gasteiger partial charge is 0.325 e. The molecule has 0 saturated carbocycles. The third kappa shape index (κ3) is 3.52. The molecule has 0 spiro atoms. The minimum Gasteiger partial charge on any atom is -0.325 e. The molecule has 1 amide bonds. The summed E-state index contributed by atoms with van der Waals surface area (Å²) in [6, 6.07) is 12.1. The Labute approximate surface area is 130 Å². The number of benzene rings is 2. The minimum absolute atomic E-state index is 0.124. The van der Waals surface area contributed by atoms with Gasteiger partial charge in [-0.05, 0) is 44.2 Å². The van der Waals surface area contributed by atoms with Crippen molar-refractivity contribution in [2.24, 2.45) is 5.73 Å². The first-order valence-electron chi connectivity index (χ1n) is 6.79. The molecular weight excluding hydrogens is 300 g/mol. The molecule has 0 radical (unpaired) electrons. The van der Waals surface area contributed by atoms with E-state index in [1.54, 1.807) is 43.3 Å². The maximum absolute atomic E-state index is 12.6. The molecule has 2 aromatic carbocycles. The SMILES string of the molecule is Cc1ccc(S(=O)(=O)c2cccc(NC(=O)C(C)N)c2)cc1. The van der Waals surface area contributed by atoms with Crippen molar-refractivity contribution in [1.29, 1.82) is 0 Å². The van der Waals surface area contributed by atoms with Crippen LogP contribution in [0, 0.1) is 6.92 Å². The maximum Gasteiger partial charge on any atom is 0.240 e. The lowest BCUT2D eigenvalue weighted by Gasteiger charge is -2.10. The first kappa shape index (κ1) is 16.2. The van der Waals surface area contributed by atoms with Gasteiger partial charge in [-0.15, -0.1) is 0 Å². The van der Waals surface area contributed by atoms with Crippen LogP contribution in [0.4, 0.5) is 5.69 Å². The third-order valence-electron chi connectivity index (χ3n) is 3.16. The standard InChI is InChI=1S/C16H18N2O3S/c1-11-6-8-14(9-7-11)22(20,21)15-5-3-4-13(10-15)18-16(19)12(2)17/h3-10,12H,17H2,1-2H3,(H,18,19). The average molecular weight is 318 g/mol. The number of hydrogen-bond donors (Lipinski definition) is 2. The Balaban J connectivity index is 2.36. The Morgan fingerprint density at radius 3 is 2.32 bits per heavy atom. The summed E-state index contributed by atoms with van der Waals surface area (Å²) in [5, 5.41) is 2.59. The summed E-state index contributed by atoms with van der Waals surface area (Å²) in [5.74, 6) is -0.370. The topological polar surface area (TPSA) is 89.3 Å². The summed E-state index contributed by atoms with van der Waals surface area (Å²) in [7, 11) is -3.62. The lowest BCUT2D eigenvalue weighted by Crippen LogP contribution is -2.32. The van der Waals surface area contributed by atoms with E-state index in [0.29, 0.717) is 5.69 Å². The average Bonchev–Trinajstić information content (AvgIpc) is 2.48. The van der Waals surface area contributed by atoms with Gasteiger partial charge in [0.05, 0.1) is 15.8 Å². The van der Waals surface area contributed by atoms with Crippen molar-refractivity contribution in [3.8, 4) is 0 Å². The van der Waals surface area contributed by atoms with Gasteiger partial charge >= 0.3 is 0 Å². The highest BCUT2D eigenvalue weighted by molar-refractivity contribution is 7.91. The molecule has 0 fully saturated rings. The molecule has 5 nitrogen and oxygen atoms in total. The van der Waals surface area contributed by atoms with Gasteiger partial charge in [0, 0.05) is 5.69 Å². The molecule has 1 atom stereocenters. The highest BCUT2D eigenvalue weighted by Crippen LogP contribution is 2.23. The zero-order chi connectivity index (χ0) is 16.3. The zero-order valence-electron chi connectivity index (χ0n) is 12.4. The van der Waals surface area contributed by atoms with E-state index in [4.69, 9.17) is 5.73 Å². The smallest absolute Gasteiger partial charge is 0.240 e. The Morgan fingerprint density at radius 1 is 1.09 bits per heavy atom. The monoisotopic (exact) mass is 318 g/mol. The highest BCUT2D eigenvalue weighted by Gasteiger charge is 2.18. The van der Waals surface area contributed by atoms with Gasteiger partial charge < -0.3 is 11.1 Å². The number of carbonyl (C=O) groups excluding carboxylic acids is 1. The maximum atomic E-state index is 12.6. The van der Waals surface area contributed by atoms with E-state index in [2.05, 4.69) is 5.32 Å². The third-order valence-corrected chi connectivity index (χ3v) is 4.92. The van der Waals surface area contributed by atoms with Crippen LogP contribution in [0.15, 0.2) is 58.3 Å². The molecule has 116 valence electrons. The van der Waals surface area contributed by atoms with Crippen LogP contribution < -0.4 is 11.1 Å². The van der Waals surface area contributed by atoms with Crippen LogP contribution in [-0.2, 0) is 14.6 Å². The van der Waals surface area contributed by atoms with Gasteiger partial charge in [-0.3, -0.25) is 4.79 Å². The molecule has 3 N–H and O–H groups in total. The molecule has 0 saturated heterocycles. The number of sulfone groups is 1. The molecule has 0 aliphatic heterocycles. The summed E-state index contributed by atoms with van der Waals surface area (Å²) in [4.78, 5) is 11.9. The van der Waals surface area contributed by atoms with Crippen LogP contribution in [0.1, 0.15) is 12.5 Å². The first-order valence-corrected chi connectivity index (χ1v) is 8.27. The fourth-order valence-electron chi connectivity index (χ4n) is 1.85. The van der Waals surface area contributed by atoms with Crippen LogP contribution >= 0.6 is 0 Å². The second-order valence-electron chi connectivity index (χ2n) is 5.12. The number of nitrogens with one attached hydrogen (secondary N) is 1. The number of amides is 1. The number of nitrogens with two attached hydrogens (primary N) is 1. The van der Waals surface area contributed by atoms with Gasteiger partial charge in [-0.2, -0.15) is 0 Å². The van der Waals surface area contributed by atoms with Crippen molar-refractivity contribution in [3.63, 3.8) is 0 Å². The van der Waals surface area contributed by atoms with Gasteiger partial charge in [-0.25, -0.2) is 8.42 Å². The normalized spacial score (nSPS) is 12.7. The second kappa shape index (κ2) is 6.29. The van der Waals surface area contributed by atoms with Gasteiger partial charge in [0.1, 0.15) is 0 Å². The quantitative estimate of drug-likeness (QED) is 0.903. The summed E-state index contributed by atoms with van der Waals surface area (Å²) in [6.45, 7) is 3.45. The lowest BCUT2D eigenvalue weighted by molar-refractivity contribution is -0.117. The Morgan fingerprint density at radius 2 is 1.73 bits per heavy atom. The summed E-state index contributed by atoms with van der Waals surface area (Å²) >= 11 is 0. The molecule has 2 rings (SSSR count). The van der Waals surface area contributed by atoms with E-state index >= 15 is 0 Å². The fraction of sp³-hybridized carbons (Fsp3) is 0.188. The van der Waals surface area contributed by atoms with Crippen molar-refractivity contribution < 1.29 is 13.2 Å². The van der Waals surface area contributed by atoms with Gasteiger partial charge in [0.15, 0.2) is 0 Å². The molecule has 22 heavy (non-hydrogen) atoms. The first-order chi connectivity index (χ1) is 10.3. The summed E-state index contributed by atoms with van der Waals surface area (Å²) in [6.07, 6.45) is 0. The van der Waals surface area contributed by atoms with E-state index in [-0.39, 0.29) is 15.7 Å². The van der Waals surface area contributed by atoms with Crippen LogP contribution in [0.5, 0.6) is 0 Å². The second-order valence-corrected chi connectivity index (χ2v) is 7.07. The molecule has 0 aliphatic carbocycles. The van der Waals surface area contributed by atoms with Crippen LogP contribution in [0.25, 0.3) is 0 Å². The number of aryl methyl sites for hydroxylation is 1. The fourth-order valence-corrected chi connectivity index (χ4v) is 3.16. The minimum atomic E-state index is -3.62. The van der Waals surface area contributed by atoms with Gasteiger partial charge in [-0.1, -0.05) is 23.8 Å². The molecule has 6 heteroatoms. The van der Waals surface area contributed by atoms with E-state index < -0.39 is 15.9 Å². The van der Waals surface area contributed by atoms with Crippen molar-refractivity contribution in [2.45, 2.75) is 29.7 Å². The van der Waals surface area contributed by atoms with E-state index in [1.165, 1.54) is 12.1 Å². The van der Waals surface area contributed by atoms with Gasteiger partial charge in [0.25, 0.3) is 0 Å². The van der Waals surface area contributed by atoms with E-state index in [9.17, 15) is 13.2 Å². The van der Waals surface area contributed by atoms with Crippen molar-refractivity contribution in [3.05, 3.63) is 54.1 Å². The predicted molar refractivity (Wildman–Crippen MR) is 85.4 cm³/mol. The summed E-state index contributed by atoms with van der Waals surface area (Å²) in [5.41, 5.74) is 6.86. The molecule has 0 heterocycles. The Bertz CT molecular complexity index is 781. The molecular formula is C16H18N2O3S. The zero-order valence-corrected chi connectivity index (χ0v) is 13.2. The Kier molecular flexibility index (Phi) is 4.63. The Hall–Kier alpha value is -2.18. The van der Waals surface area contributed by atoms with Crippen molar-refractivity contribution in [2.75, 3.05) is 5.32 Å².